The van der Waals surface area contributed by atoms with Crippen molar-refractivity contribution in [3.63, 3.8) is 0 Å². The zero-order chi connectivity index (χ0) is 23.5. The number of hydrogen-bond acceptors (Lipinski definition) is 9. The van der Waals surface area contributed by atoms with Crippen molar-refractivity contribution >= 4 is 35.4 Å². The summed E-state index contributed by atoms with van der Waals surface area (Å²) in [4.78, 5) is 51.1. The summed E-state index contributed by atoms with van der Waals surface area (Å²) in [6, 6.07) is 6.72. The molecule has 3 heterocycles. The number of amides is 2. The summed E-state index contributed by atoms with van der Waals surface area (Å²) in [5.74, 6) is -1.34. The van der Waals surface area contributed by atoms with Crippen LogP contribution in [0.1, 0.15) is 6.92 Å². The molecule has 4 aliphatic rings. The van der Waals surface area contributed by atoms with Gasteiger partial charge < -0.3 is 36.1 Å². The molecule has 172 valence electrons. The molecule has 1 aromatic carbocycles. The van der Waals surface area contributed by atoms with E-state index in [1.165, 1.54) is 7.11 Å². The predicted octanol–water partition coefficient (Wildman–Crippen LogP) is 0.0705. The molecule has 0 spiro atoms. The van der Waals surface area contributed by atoms with Crippen molar-refractivity contribution in [1.29, 1.82) is 0 Å². The number of fused-ring (bicyclic) bond motifs is 4. The number of piperazine rings is 1. The fraction of sp³-hybridized carbons (Fsp3) is 0.364. The molecule has 0 saturated carbocycles. The highest BCUT2D eigenvalue weighted by Crippen LogP contribution is 2.55. The highest BCUT2D eigenvalue weighted by atomic mass is 16.6. The van der Waals surface area contributed by atoms with Crippen molar-refractivity contribution in [3.8, 4) is 0 Å². The Hall–Kier alpha value is -3.70. The lowest BCUT2D eigenvalue weighted by Crippen LogP contribution is -2.55. The fourth-order valence-corrected chi connectivity index (χ4v) is 5.30. The number of rotatable bonds is 7. The van der Waals surface area contributed by atoms with Crippen LogP contribution in [-0.2, 0) is 23.9 Å². The van der Waals surface area contributed by atoms with E-state index in [0.29, 0.717) is 30.0 Å². The zero-order valence-electron chi connectivity index (χ0n) is 18.0. The van der Waals surface area contributed by atoms with Crippen LogP contribution < -0.4 is 21.7 Å². The number of nitrogens with two attached hydrogens (primary N) is 1. The lowest BCUT2D eigenvalue weighted by molar-refractivity contribution is -0.137. The van der Waals surface area contributed by atoms with Gasteiger partial charge >= 0.3 is 6.09 Å². The van der Waals surface area contributed by atoms with Crippen LogP contribution in [0.5, 0.6) is 0 Å². The minimum Gasteiger partial charge on any atom is -0.449 e. The van der Waals surface area contributed by atoms with Crippen LogP contribution in [0, 0.1) is 5.92 Å². The Labute approximate surface area is 188 Å². The Balaban J connectivity index is 1.51. The minimum absolute atomic E-state index is 0.107. The van der Waals surface area contributed by atoms with Gasteiger partial charge in [0.15, 0.2) is 5.72 Å². The summed E-state index contributed by atoms with van der Waals surface area (Å²) in [7, 11) is 1.52. The van der Waals surface area contributed by atoms with Crippen LogP contribution in [-0.4, -0.2) is 67.0 Å². The molecule has 2 amide bonds. The quantitative estimate of drug-likeness (QED) is 0.254. The molecule has 2 fully saturated rings. The Bertz CT molecular complexity index is 1140. The number of allylic oxidation sites excluding steroid dienone is 2. The van der Waals surface area contributed by atoms with E-state index in [1.54, 1.807) is 31.2 Å². The maximum atomic E-state index is 13.7. The molecule has 4 unspecified atom stereocenters. The van der Waals surface area contributed by atoms with E-state index < -0.39 is 17.7 Å². The van der Waals surface area contributed by atoms with Gasteiger partial charge in [-0.05, 0) is 31.2 Å². The molecule has 0 radical (unpaired) electrons. The van der Waals surface area contributed by atoms with Gasteiger partial charge in [-0.25, -0.2) is 4.79 Å². The number of primary amides is 1. The van der Waals surface area contributed by atoms with Crippen molar-refractivity contribution in [1.82, 2.24) is 10.2 Å². The third-order valence-electron chi connectivity index (χ3n) is 6.81. The summed E-state index contributed by atoms with van der Waals surface area (Å²) >= 11 is 0. The lowest BCUT2D eigenvalue weighted by atomic mass is 9.82. The van der Waals surface area contributed by atoms with E-state index >= 15 is 0 Å². The van der Waals surface area contributed by atoms with Crippen LogP contribution in [0.2, 0.25) is 0 Å². The molecule has 0 bridgehead atoms. The van der Waals surface area contributed by atoms with Crippen LogP contribution in [0.25, 0.3) is 0 Å². The molecule has 2 saturated heterocycles. The molecular formula is C22H23N5O6. The normalized spacial score (nSPS) is 29.5. The van der Waals surface area contributed by atoms with Crippen molar-refractivity contribution < 1.29 is 28.7 Å². The molecule has 1 aromatic rings. The summed E-state index contributed by atoms with van der Waals surface area (Å²) in [6.45, 7) is 1.91. The predicted molar refractivity (Wildman–Crippen MR) is 116 cm³/mol. The molecule has 33 heavy (non-hydrogen) atoms. The molecule has 1 aliphatic carbocycles. The molecule has 4 atom stereocenters. The molecule has 5 N–H and O–H groups in total. The molecule has 11 heteroatoms. The second kappa shape index (κ2) is 7.42. The van der Waals surface area contributed by atoms with Gasteiger partial charge in [0.1, 0.15) is 6.61 Å². The van der Waals surface area contributed by atoms with Gasteiger partial charge in [-0.2, -0.15) is 0 Å². The number of hydrogen-bond donors (Lipinski definition) is 4. The van der Waals surface area contributed by atoms with Gasteiger partial charge in [-0.1, -0.05) is 0 Å². The first-order valence-corrected chi connectivity index (χ1v) is 10.5. The Morgan fingerprint density at radius 2 is 1.97 bits per heavy atom. The fourth-order valence-electron chi connectivity index (χ4n) is 5.30. The summed E-state index contributed by atoms with van der Waals surface area (Å²) in [5.41, 5.74) is 6.32. The van der Waals surface area contributed by atoms with Gasteiger partial charge in [0.05, 0.1) is 23.4 Å². The number of carbonyl (C=O) groups excluding carboxylic acids is 4. The Morgan fingerprint density at radius 1 is 1.27 bits per heavy atom. The third-order valence-corrected chi connectivity index (χ3v) is 6.81. The largest absolute Gasteiger partial charge is 0.449 e. The number of nitrogens with one attached hydrogen (secondary N) is 3. The van der Waals surface area contributed by atoms with Crippen molar-refractivity contribution in [3.05, 3.63) is 46.8 Å². The molecule has 0 aromatic heterocycles. The van der Waals surface area contributed by atoms with E-state index in [9.17, 15) is 19.2 Å². The monoisotopic (exact) mass is 453 g/mol. The van der Waals surface area contributed by atoms with Gasteiger partial charge in [0.25, 0.3) is 0 Å². The van der Waals surface area contributed by atoms with Gasteiger partial charge in [-0.3, -0.25) is 14.4 Å². The van der Waals surface area contributed by atoms with Gasteiger partial charge in [0.2, 0.25) is 18.0 Å². The summed E-state index contributed by atoms with van der Waals surface area (Å²) in [5, 5.41) is 8.90. The average Bonchev–Trinajstić information content (AvgIpc) is 3.41. The van der Waals surface area contributed by atoms with E-state index in [2.05, 4.69) is 16.0 Å². The standard InChI is InChI=1S/C22H23N5O6/c1-10-16(25-12-5-3-11(4-6-12)24-9-28)19(30)15-13(8-33-21(23)31)22(32-2)20-14(26-20)7-27(22)17(15)18(10)29/h3-6,9,13-14,20,25-26H,7-8H2,1-2H3,(H2,23,31)(H,24,28). The van der Waals surface area contributed by atoms with Gasteiger partial charge in [0, 0.05) is 42.2 Å². The maximum Gasteiger partial charge on any atom is 0.404 e. The molecule has 11 nitrogen and oxygen atoms in total. The highest BCUT2D eigenvalue weighted by Gasteiger charge is 2.72. The van der Waals surface area contributed by atoms with Crippen LogP contribution in [0.3, 0.4) is 0 Å². The highest BCUT2D eigenvalue weighted by molar-refractivity contribution is 6.26. The van der Waals surface area contributed by atoms with E-state index in [1.807, 2.05) is 4.90 Å². The Kier molecular flexibility index (Phi) is 4.76. The number of carbonyl (C=O) groups is 4. The van der Waals surface area contributed by atoms with Crippen LogP contribution >= 0.6 is 0 Å². The average molecular weight is 453 g/mol. The van der Waals surface area contributed by atoms with E-state index in [0.717, 1.165) is 0 Å². The van der Waals surface area contributed by atoms with E-state index in [4.69, 9.17) is 15.2 Å². The SMILES string of the molecule is COC12C(COC(N)=O)C3=C(C(=O)C(C)=C(Nc4ccc(NC=O)cc4)C3=O)N1CC1NC12. The molecule has 3 aliphatic heterocycles. The maximum absolute atomic E-state index is 13.7. The van der Waals surface area contributed by atoms with E-state index in [-0.39, 0.29) is 47.1 Å². The van der Waals surface area contributed by atoms with Crippen LogP contribution in [0.15, 0.2) is 46.8 Å². The smallest absolute Gasteiger partial charge is 0.404 e. The van der Waals surface area contributed by atoms with Crippen molar-refractivity contribution in [2.45, 2.75) is 24.7 Å². The van der Waals surface area contributed by atoms with Crippen molar-refractivity contribution in [2.75, 3.05) is 30.9 Å². The Morgan fingerprint density at radius 3 is 2.61 bits per heavy atom. The number of benzene rings is 1. The number of ether oxygens (including phenoxy) is 2. The minimum atomic E-state index is -1.02. The topological polar surface area (TPSA) is 162 Å². The first-order valence-electron chi connectivity index (χ1n) is 10.5. The lowest BCUT2D eigenvalue weighted by Gasteiger charge is -2.39. The first kappa shape index (κ1) is 21.2. The number of ketones is 2. The third kappa shape index (κ3) is 2.96. The first-order chi connectivity index (χ1) is 15.8. The molecular weight excluding hydrogens is 430 g/mol. The number of Topliss-reactive ketones (excluding diaryl/α,β-unsaturated/α-hetero) is 2. The summed E-state index contributed by atoms with van der Waals surface area (Å²) in [6.07, 6.45) is -0.401. The van der Waals surface area contributed by atoms with Crippen LogP contribution in [0.4, 0.5) is 16.2 Å². The number of methoxy groups -OCH3 is 1. The van der Waals surface area contributed by atoms with Gasteiger partial charge in [-0.15, -0.1) is 0 Å². The number of nitrogens with zero attached hydrogens (tertiary/aromatic N) is 1. The van der Waals surface area contributed by atoms with Crippen molar-refractivity contribution in [2.24, 2.45) is 11.7 Å². The second-order valence-electron chi connectivity index (χ2n) is 8.39. The second-order valence-corrected chi connectivity index (χ2v) is 8.39. The summed E-state index contributed by atoms with van der Waals surface area (Å²) < 4.78 is 11.1. The number of anilines is 2. The zero-order valence-corrected chi connectivity index (χ0v) is 18.0. The molecule has 5 rings (SSSR count).